The van der Waals surface area contributed by atoms with Gasteiger partial charge in [0, 0.05) is 35.7 Å². The predicted octanol–water partition coefficient (Wildman–Crippen LogP) is 6.29. The SMILES string of the molecule is CC(C)(C)c1c[c-]c2c(c1)c1cccc3sc4ccnc2c4c31.[Ir]. The maximum absolute atomic E-state index is 4.70. The smallest absolute Gasteiger partial charge is 0.0345 e. The second-order valence-electron chi connectivity index (χ2n) is 7.24. The van der Waals surface area contributed by atoms with Gasteiger partial charge in [-0.15, -0.1) is 40.5 Å². The monoisotopic (exact) mass is 507 g/mol. The zero-order valence-corrected chi connectivity index (χ0v) is 16.9. The Morgan fingerprint density at radius 2 is 1.79 bits per heavy atom. The van der Waals surface area contributed by atoms with E-state index in [9.17, 15) is 0 Å². The first-order valence-corrected chi connectivity index (χ1v) is 8.73. The molecule has 2 aromatic heterocycles. The molecule has 121 valence electrons. The normalized spacial score (nSPS) is 12.5. The van der Waals surface area contributed by atoms with Gasteiger partial charge in [0.1, 0.15) is 0 Å². The molecule has 0 aliphatic carbocycles. The molecule has 0 atom stereocenters. The van der Waals surface area contributed by atoms with Gasteiger partial charge in [-0.1, -0.05) is 43.7 Å². The fourth-order valence-corrected chi connectivity index (χ4v) is 4.64. The molecule has 0 spiro atoms. The number of thiophene rings is 1. The maximum atomic E-state index is 4.70. The first kappa shape index (κ1) is 16.0. The molecule has 24 heavy (non-hydrogen) atoms. The van der Waals surface area contributed by atoms with Crippen LogP contribution in [0.25, 0.3) is 41.8 Å². The van der Waals surface area contributed by atoms with Crippen LogP contribution in [-0.2, 0) is 25.5 Å². The Labute approximate surface area is 158 Å². The fraction of sp³-hybridized carbons (Fsp3) is 0.190. The molecule has 3 heteroatoms. The molecule has 0 aliphatic rings. The van der Waals surface area contributed by atoms with Crippen molar-refractivity contribution in [3.63, 3.8) is 0 Å². The Morgan fingerprint density at radius 3 is 2.58 bits per heavy atom. The molecule has 0 unspecified atom stereocenters. The quantitative estimate of drug-likeness (QED) is 0.178. The standard InChI is InChI=1S/C21H16NS.Ir/c1-21(2,3)12-7-8-14-15(11-12)13-5-4-6-16-18(13)19-17(23-16)9-10-22-20(14)19;/h4-7,9-11H,1-3H3;/q-1;. The number of nitrogens with zero attached hydrogens (tertiary/aromatic N) is 1. The van der Waals surface area contributed by atoms with Crippen LogP contribution < -0.4 is 0 Å². The summed E-state index contributed by atoms with van der Waals surface area (Å²) < 4.78 is 2.66. The largest absolute Gasteiger partial charge is 0.304 e. The molecule has 0 N–H and O–H groups in total. The summed E-state index contributed by atoms with van der Waals surface area (Å²) in [6.07, 6.45) is 1.92. The summed E-state index contributed by atoms with van der Waals surface area (Å²) in [7, 11) is 0. The molecule has 1 nitrogen and oxygen atoms in total. The van der Waals surface area contributed by atoms with E-state index < -0.39 is 0 Å². The number of hydrogen-bond acceptors (Lipinski definition) is 2. The van der Waals surface area contributed by atoms with Gasteiger partial charge in [0.2, 0.25) is 0 Å². The van der Waals surface area contributed by atoms with Crippen LogP contribution in [0, 0.1) is 6.07 Å². The van der Waals surface area contributed by atoms with Gasteiger partial charge in [-0.3, -0.25) is 0 Å². The Kier molecular flexibility index (Phi) is 3.47. The van der Waals surface area contributed by atoms with Crippen LogP contribution in [0.4, 0.5) is 0 Å². The third kappa shape index (κ3) is 2.05. The van der Waals surface area contributed by atoms with Crippen molar-refractivity contribution in [1.29, 1.82) is 0 Å². The van der Waals surface area contributed by atoms with E-state index in [2.05, 4.69) is 63.2 Å². The van der Waals surface area contributed by atoms with E-state index in [4.69, 9.17) is 4.98 Å². The van der Waals surface area contributed by atoms with Crippen molar-refractivity contribution >= 4 is 53.2 Å². The molecule has 1 radical (unpaired) electrons. The number of aromatic nitrogens is 1. The van der Waals surface area contributed by atoms with Crippen LogP contribution in [0.2, 0.25) is 0 Å². The molecule has 0 aliphatic heterocycles. The van der Waals surface area contributed by atoms with Crippen LogP contribution in [0.15, 0.2) is 42.6 Å². The Balaban J connectivity index is 0.00000146. The Hall–Kier alpha value is -1.54. The molecule has 0 amide bonds. The van der Waals surface area contributed by atoms with E-state index in [1.165, 1.54) is 36.5 Å². The number of pyridine rings is 1. The van der Waals surface area contributed by atoms with E-state index in [-0.39, 0.29) is 25.5 Å². The van der Waals surface area contributed by atoms with Gasteiger partial charge in [-0.25, -0.2) is 0 Å². The van der Waals surface area contributed by atoms with Gasteiger partial charge in [0.05, 0.1) is 0 Å². The number of fused-ring (bicyclic) bond motifs is 3. The van der Waals surface area contributed by atoms with Crippen LogP contribution in [0.1, 0.15) is 26.3 Å². The van der Waals surface area contributed by atoms with E-state index in [0.717, 1.165) is 10.9 Å². The Morgan fingerprint density at radius 1 is 1.00 bits per heavy atom. The van der Waals surface area contributed by atoms with Crippen molar-refractivity contribution in [2.24, 2.45) is 0 Å². The van der Waals surface area contributed by atoms with Gasteiger partial charge in [-0.2, -0.15) is 0 Å². The van der Waals surface area contributed by atoms with Crippen LogP contribution >= 0.6 is 11.3 Å². The van der Waals surface area contributed by atoms with Crippen molar-refractivity contribution in [2.75, 3.05) is 0 Å². The molecule has 0 saturated carbocycles. The van der Waals surface area contributed by atoms with Crippen LogP contribution in [0.3, 0.4) is 0 Å². The summed E-state index contributed by atoms with van der Waals surface area (Å²) in [6, 6.07) is 16.8. The second-order valence-corrected chi connectivity index (χ2v) is 8.32. The molecule has 5 aromatic rings. The van der Waals surface area contributed by atoms with E-state index >= 15 is 0 Å². The minimum absolute atomic E-state index is 0. The molecular weight excluding hydrogens is 491 g/mol. The van der Waals surface area contributed by atoms with E-state index in [0.29, 0.717) is 0 Å². The van der Waals surface area contributed by atoms with Gasteiger partial charge in [0.15, 0.2) is 0 Å². The number of hydrogen-bond donors (Lipinski definition) is 0. The summed E-state index contributed by atoms with van der Waals surface area (Å²) in [5.41, 5.74) is 2.52. The number of rotatable bonds is 0. The first-order valence-electron chi connectivity index (χ1n) is 7.91. The number of benzene rings is 3. The summed E-state index contributed by atoms with van der Waals surface area (Å²) >= 11 is 1.86. The average Bonchev–Trinajstić information content (AvgIpc) is 2.92. The van der Waals surface area contributed by atoms with Crippen molar-refractivity contribution in [1.82, 2.24) is 4.98 Å². The third-order valence-corrected chi connectivity index (χ3v) is 5.86. The fourth-order valence-electron chi connectivity index (χ4n) is 3.52. The third-order valence-electron chi connectivity index (χ3n) is 4.74. The topological polar surface area (TPSA) is 12.9 Å². The van der Waals surface area contributed by atoms with Crippen molar-refractivity contribution < 1.29 is 20.1 Å². The average molecular weight is 507 g/mol. The molecule has 0 saturated heterocycles. The molecule has 0 fully saturated rings. The van der Waals surface area contributed by atoms with Gasteiger partial charge in [0.25, 0.3) is 0 Å². The minimum atomic E-state index is 0. The predicted molar refractivity (Wildman–Crippen MR) is 101 cm³/mol. The molecule has 0 bridgehead atoms. The molecular formula is C21H16IrNS-. The van der Waals surface area contributed by atoms with Crippen molar-refractivity contribution in [3.8, 4) is 0 Å². The van der Waals surface area contributed by atoms with Crippen molar-refractivity contribution in [2.45, 2.75) is 26.2 Å². The maximum Gasteiger partial charge on any atom is 0.0345 e. The zero-order valence-electron chi connectivity index (χ0n) is 13.7. The second kappa shape index (κ2) is 5.23. The zero-order chi connectivity index (χ0) is 15.8. The van der Waals surface area contributed by atoms with Gasteiger partial charge in [-0.05, 0) is 33.8 Å². The van der Waals surface area contributed by atoms with Gasteiger partial charge < -0.3 is 4.98 Å². The first-order chi connectivity index (χ1) is 11.0. The Bertz CT molecular complexity index is 1200. The molecule has 5 rings (SSSR count). The van der Waals surface area contributed by atoms with Crippen LogP contribution in [-0.4, -0.2) is 4.98 Å². The molecule has 2 heterocycles. The van der Waals surface area contributed by atoms with Crippen molar-refractivity contribution in [3.05, 3.63) is 54.2 Å². The van der Waals surface area contributed by atoms with E-state index in [1.54, 1.807) is 0 Å². The summed E-state index contributed by atoms with van der Waals surface area (Å²) in [6.45, 7) is 6.75. The van der Waals surface area contributed by atoms with Crippen LogP contribution in [0.5, 0.6) is 0 Å². The molecule has 3 aromatic carbocycles. The summed E-state index contributed by atoms with van der Waals surface area (Å²) in [5.74, 6) is 0. The summed E-state index contributed by atoms with van der Waals surface area (Å²) in [4.78, 5) is 4.70. The summed E-state index contributed by atoms with van der Waals surface area (Å²) in [5, 5.41) is 6.40. The minimum Gasteiger partial charge on any atom is -0.304 e. The van der Waals surface area contributed by atoms with E-state index in [1.807, 2.05) is 17.5 Å². The van der Waals surface area contributed by atoms with Gasteiger partial charge >= 0.3 is 0 Å².